The van der Waals surface area contributed by atoms with Crippen LogP contribution in [0.15, 0.2) is 42.5 Å². The summed E-state index contributed by atoms with van der Waals surface area (Å²) < 4.78 is 5.78. The largest absolute Gasteiger partial charge is 0.491 e. The van der Waals surface area contributed by atoms with Crippen molar-refractivity contribution in [1.82, 2.24) is 9.80 Å². The summed E-state index contributed by atoms with van der Waals surface area (Å²) in [6.45, 7) is 9.78. The zero-order chi connectivity index (χ0) is 19.9. The van der Waals surface area contributed by atoms with Gasteiger partial charge in [0.1, 0.15) is 18.5 Å². The standard InChI is InChI=1S/C23H29N3O2/c1-18-11-19(2)13-23(12-18)28-17-22(27)16-26-9-7-25(8-10-26)15-21-5-3-20(14-24)4-6-21/h3-6,11-13,22,27H,7-10,15-17H2,1-2H3. The van der Waals surface area contributed by atoms with Gasteiger partial charge in [-0.1, -0.05) is 18.2 Å². The van der Waals surface area contributed by atoms with Crippen molar-refractivity contribution in [2.45, 2.75) is 26.5 Å². The molecular weight excluding hydrogens is 350 g/mol. The van der Waals surface area contributed by atoms with Crippen LogP contribution in [-0.4, -0.2) is 60.3 Å². The first-order valence-electron chi connectivity index (χ1n) is 9.85. The summed E-state index contributed by atoms with van der Waals surface area (Å²) in [6, 6.07) is 16.1. The number of aryl methyl sites for hydroxylation is 2. The van der Waals surface area contributed by atoms with Gasteiger partial charge in [-0.3, -0.25) is 9.80 Å². The van der Waals surface area contributed by atoms with Gasteiger partial charge in [-0.25, -0.2) is 0 Å². The highest BCUT2D eigenvalue weighted by molar-refractivity contribution is 5.33. The monoisotopic (exact) mass is 379 g/mol. The van der Waals surface area contributed by atoms with Crippen LogP contribution in [0.3, 0.4) is 0 Å². The Morgan fingerprint density at radius 2 is 1.61 bits per heavy atom. The minimum absolute atomic E-state index is 0.314. The molecular formula is C23H29N3O2. The predicted octanol–water partition coefficient (Wildman–Crippen LogP) is 2.73. The van der Waals surface area contributed by atoms with Crippen LogP contribution in [0.5, 0.6) is 5.75 Å². The Bertz CT molecular complexity index is 785. The van der Waals surface area contributed by atoms with Crippen molar-refractivity contribution in [3.63, 3.8) is 0 Å². The summed E-state index contributed by atoms with van der Waals surface area (Å²) in [6.07, 6.45) is -0.495. The molecule has 0 aromatic heterocycles. The lowest BCUT2D eigenvalue weighted by molar-refractivity contribution is 0.0446. The quantitative estimate of drug-likeness (QED) is 0.802. The number of aliphatic hydroxyl groups is 1. The van der Waals surface area contributed by atoms with Gasteiger partial charge in [0.25, 0.3) is 0 Å². The Morgan fingerprint density at radius 1 is 1.00 bits per heavy atom. The van der Waals surface area contributed by atoms with Gasteiger partial charge < -0.3 is 9.84 Å². The molecule has 0 radical (unpaired) electrons. The third-order valence-electron chi connectivity index (χ3n) is 5.06. The van der Waals surface area contributed by atoms with Crippen LogP contribution in [0.4, 0.5) is 0 Å². The van der Waals surface area contributed by atoms with Crippen LogP contribution in [0.25, 0.3) is 0 Å². The predicted molar refractivity (Wildman–Crippen MR) is 110 cm³/mol. The Kier molecular flexibility index (Phi) is 7.05. The maximum atomic E-state index is 10.3. The van der Waals surface area contributed by atoms with Crippen LogP contribution >= 0.6 is 0 Å². The summed E-state index contributed by atoms with van der Waals surface area (Å²) in [7, 11) is 0. The number of β-amino-alcohol motifs (C(OH)–C–C–N with tert-alkyl or cyclic N) is 1. The maximum absolute atomic E-state index is 10.3. The molecule has 0 amide bonds. The fourth-order valence-electron chi connectivity index (χ4n) is 3.63. The zero-order valence-electron chi connectivity index (χ0n) is 16.8. The van der Waals surface area contributed by atoms with E-state index in [1.807, 2.05) is 50.2 Å². The number of nitriles is 1. The molecule has 1 N–H and O–H groups in total. The minimum Gasteiger partial charge on any atom is -0.491 e. The van der Waals surface area contributed by atoms with Crippen molar-refractivity contribution in [1.29, 1.82) is 5.26 Å². The van der Waals surface area contributed by atoms with Gasteiger partial charge in [-0.2, -0.15) is 5.26 Å². The third-order valence-corrected chi connectivity index (χ3v) is 5.06. The number of benzene rings is 2. The van der Waals surface area contributed by atoms with Crippen LogP contribution < -0.4 is 4.74 Å². The van der Waals surface area contributed by atoms with Crippen molar-refractivity contribution in [3.05, 3.63) is 64.7 Å². The average molecular weight is 380 g/mol. The van der Waals surface area contributed by atoms with Crippen molar-refractivity contribution >= 4 is 0 Å². The van der Waals surface area contributed by atoms with E-state index in [1.54, 1.807) is 0 Å². The first-order chi connectivity index (χ1) is 13.5. The van der Waals surface area contributed by atoms with Gasteiger partial charge in [0.05, 0.1) is 11.6 Å². The van der Waals surface area contributed by atoms with Crippen molar-refractivity contribution in [2.24, 2.45) is 0 Å². The molecule has 2 aromatic rings. The Morgan fingerprint density at radius 3 is 2.21 bits per heavy atom. The van der Waals surface area contributed by atoms with Gasteiger partial charge in [-0.15, -0.1) is 0 Å². The molecule has 1 unspecified atom stereocenters. The number of hydrogen-bond donors (Lipinski definition) is 1. The number of piperazine rings is 1. The molecule has 28 heavy (non-hydrogen) atoms. The highest BCUT2D eigenvalue weighted by Crippen LogP contribution is 2.16. The summed E-state index contributed by atoms with van der Waals surface area (Å²) >= 11 is 0. The smallest absolute Gasteiger partial charge is 0.119 e. The van der Waals surface area contributed by atoms with E-state index in [9.17, 15) is 5.11 Å². The molecule has 1 atom stereocenters. The van der Waals surface area contributed by atoms with E-state index >= 15 is 0 Å². The van der Waals surface area contributed by atoms with E-state index < -0.39 is 6.10 Å². The molecule has 0 aliphatic carbocycles. The maximum Gasteiger partial charge on any atom is 0.119 e. The lowest BCUT2D eigenvalue weighted by Gasteiger charge is -2.35. The molecule has 3 rings (SSSR count). The summed E-state index contributed by atoms with van der Waals surface area (Å²) in [5.74, 6) is 0.823. The molecule has 2 aromatic carbocycles. The molecule has 5 nitrogen and oxygen atoms in total. The van der Waals surface area contributed by atoms with Crippen LogP contribution in [-0.2, 0) is 6.54 Å². The normalized spacial score (nSPS) is 16.5. The van der Waals surface area contributed by atoms with Crippen LogP contribution in [0.2, 0.25) is 0 Å². The Balaban J connectivity index is 1.39. The summed E-state index contributed by atoms with van der Waals surface area (Å²) in [5, 5.41) is 19.2. The first-order valence-corrected chi connectivity index (χ1v) is 9.85. The van der Waals surface area contributed by atoms with E-state index in [0.717, 1.165) is 38.5 Å². The van der Waals surface area contributed by atoms with Gasteiger partial charge in [0, 0.05) is 39.3 Å². The van der Waals surface area contributed by atoms with E-state index in [1.165, 1.54) is 16.7 Å². The van der Waals surface area contributed by atoms with Crippen molar-refractivity contribution < 1.29 is 9.84 Å². The lowest BCUT2D eigenvalue weighted by atomic mass is 10.1. The molecule has 148 valence electrons. The Hall–Kier alpha value is -2.39. The molecule has 1 aliphatic rings. The molecule has 0 spiro atoms. The minimum atomic E-state index is -0.495. The van der Waals surface area contributed by atoms with E-state index in [4.69, 9.17) is 10.00 Å². The number of nitrogens with zero attached hydrogens (tertiary/aromatic N) is 3. The number of hydrogen-bond acceptors (Lipinski definition) is 5. The lowest BCUT2D eigenvalue weighted by Crippen LogP contribution is -2.48. The molecule has 1 aliphatic heterocycles. The van der Waals surface area contributed by atoms with E-state index in [2.05, 4.69) is 21.9 Å². The average Bonchev–Trinajstić information content (AvgIpc) is 2.68. The molecule has 0 saturated carbocycles. The van der Waals surface area contributed by atoms with Crippen molar-refractivity contribution in [2.75, 3.05) is 39.3 Å². The Labute approximate surface area is 167 Å². The van der Waals surface area contributed by atoms with Crippen molar-refractivity contribution in [3.8, 4) is 11.8 Å². The highest BCUT2D eigenvalue weighted by Gasteiger charge is 2.19. The fourth-order valence-corrected chi connectivity index (χ4v) is 3.63. The molecule has 1 heterocycles. The van der Waals surface area contributed by atoms with Gasteiger partial charge in [0.15, 0.2) is 0 Å². The molecule has 5 heteroatoms. The van der Waals surface area contributed by atoms with Crippen LogP contribution in [0, 0.1) is 25.2 Å². The third kappa shape index (κ3) is 6.07. The van der Waals surface area contributed by atoms with Gasteiger partial charge >= 0.3 is 0 Å². The van der Waals surface area contributed by atoms with E-state index in [0.29, 0.717) is 18.7 Å². The first kappa shape index (κ1) is 20.3. The molecule has 1 fully saturated rings. The van der Waals surface area contributed by atoms with E-state index in [-0.39, 0.29) is 0 Å². The molecule has 0 bridgehead atoms. The zero-order valence-corrected chi connectivity index (χ0v) is 16.8. The summed E-state index contributed by atoms with van der Waals surface area (Å²) in [4.78, 5) is 4.71. The topological polar surface area (TPSA) is 59.7 Å². The second kappa shape index (κ2) is 9.70. The summed E-state index contributed by atoms with van der Waals surface area (Å²) in [5.41, 5.74) is 4.27. The van der Waals surface area contributed by atoms with Gasteiger partial charge in [0.2, 0.25) is 0 Å². The fraction of sp³-hybridized carbons (Fsp3) is 0.435. The second-order valence-corrected chi connectivity index (χ2v) is 7.67. The van der Waals surface area contributed by atoms with Gasteiger partial charge in [-0.05, 0) is 54.8 Å². The SMILES string of the molecule is Cc1cc(C)cc(OCC(O)CN2CCN(Cc3ccc(C#N)cc3)CC2)c1. The van der Waals surface area contributed by atoms with Crippen LogP contribution in [0.1, 0.15) is 22.3 Å². The number of aliphatic hydroxyl groups excluding tert-OH is 1. The highest BCUT2D eigenvalue weighted by atomic mass is 16.5. The molecule has 1 saturated heterocycles. The number of ether oxygens (including phenoxy) is 1. The second-order valence-electron chi connectivity index (χ2n) is 7.67. The number of rotatable bonds is 7.